The summed E-state index contributed by atoms with van der Waals surface area (Å²) < 4.78 is 31.2. The van der Waals surface area contributed by atoms with Crippen LogP contribution in [0, 0.1) is 0 Å². The van der Waals surface area contributed by atoms with Gasteiger partial charge in [0.2, 0.25) is 10.0 Å². The number of sulfonamides is 1. The zero-order valence-corrected chi connectivity index (χ0v) is 13.7. The van der Waals surface area contributed by atoms with Gasteiger partial charge in [-0.2, -0.15) is 0 Å². The van der Waals surface area contributed by atoms with Gasteiger partial charge in [-0.15, -0.1) is 0 Å². The second-order valence-corrected chi connectivity index (χ2v) is 7.24. The molecule has 0 heterocycles. The highest BCUT2D eigenvalue weighted by Crippen LogP contribution is 2.40. The zero-order chi connectivity index (χ0) is 16.7. The Morgan fingerprint density at radius 3 is 2.45 bits per heavy atom. The van der Waals surface area contributed by atoms with E-state index in [1.165, 1.54) is 45.5 Å². The number of hydrogen-bond acceptors (Lipinski definition) is 4. The minimum atomic E-state index is -3.79. The Hall–Kier alpha value is -1.83. The van der Waals surface area contributed by atoms with E-state index < -0.39 is 16.0 Å². The first kappa shape index (κ1) is 16.5. The molecule has 0 saturated carbocycles. The molecule has 2 aromatic rings. The van der Waals surface area contributed by atoms with E-state index in [-0.39, 0.29) is 32.0 Å². The monoisotopic (exact) mass is 343 g/mol. The Kier molecular flexibility index (Phi) is 4.32. The molecule has 0 aliphatic rings. The van der Waals surface area contributed by atoms with E-state index in [9.17, 15) is 18.3 Å². The molecule has 118 valence electrons. The van der Waals surface area contributed by atoms with Crippen LogP contribution in [0.4, 0.5) is 0 Å². The lowest BCUT2D eigenvalue weighted by Gasteiger charge is -2.17. The summed E-state index contributed by atoms with van der Waals surface area (Å²) in [4.78, 5) is 11.3. The Balaban J connectivity index is 3.07. The van der Waals surface area contributed by atoms with Crippen LogP contribution in [0.5, 0.6) is 5.75 Å². The molecule has 0 bridgehead atoms. The minimum Gasteiger partial charge on any atom is -0.494 e. The minimum absolute atomic E-state index is 0.0359. The van der Waals surface area contributed by atoms with E-state index in [2.05, 4.69) is 0 Å². The fraction of sp³-hybridized carbons (Fsp3) is 0.214. The third-order valence-electron chi connectivity index (χ3n) is 3.22. The first-order valence-corrected chi connectivity index (χ1v) is 7.98. The summed E-state index contributed by atoms with van der Waals surface area (Å²) in [5, 5.41) is 9.75. The Morgan fingerprint density at radius 1 is 1.32 bits per heavy atom. The predicted octanol–water partition coefficient (Wildman–Crippen LogP) is 2.45. The summed E-state index contributed by atoms with van der Waals surface area (Å²) in [6.45, 7) is 0. The van der Waals surface area contributed by atoms with Gasteiger partial charge in [-0.05, 0) is 12.1 Å². The van der Waals surface area contributed by atoms with Gasteiger partial charge in [0.25, 0.3) is 0 Å². The van der Waals surface area contributed by atoms with Crippen LogP contribution in [0.3, 0.4) is 0 Å². The lowest BCUT2D eigenvalue weighted by atomic mass is 10.0. The van der Waals surface area contributed by atoms with Gasteiger partial charge >= 0.3 is 5.97 Å². The van der Waals surface area contributed by atoms with E-state index in [4.69, 9.17) is 16.3 Å². The van der Waals surface area contributed by atoms with Gasteiger partial charge in [0.15, 0.2) is 0 Å². The van der Waals surface area contributed by atoms with Gasteiger partial charge in [0.05, 0.1) is 22.6 Å². The molecule has 22 heavy (non-hydrogen) atoms. The second-order valence-electron chi connectivity index (χ2n) is 4.71. The van der Waals surface area contributed by atoms with E-state index in [0.29, 0.717) is 0 Å². The molecular weight excluding hydrogens is 330 g/mol. The topological polar surface area (TPSA) is 83.9 Å². The maximum atomic E-state index is 12.5. The number of halogens is 1. The molecule has 0 aliphatic heterocycles. The molecule has 8 heteroatoms. The van der Waals surface area contributed by atoms with Crippen molar-refractivity contribution in [1.29, 1.82) is 0 Å². The third kappa shape index (κ3) is 2.51. The number of nitrogens with zero attached hydrogens (tertiary/aromatic N) is 1. The van der Waals surface area contributed by atoms with Crippen LogP contribution in [-0.2, 0) is 10.0 Å². The first-order valence-electron chi connectivity index (χ1n) is 6.16. The number of carboxylic acid groups (broad SMARTS) is 1. The van der Waals surface area contributed by atoms with Crippen LogP contribution in [0.1, 0.15) is 10.4 Å². The molecule has 0 fully saturated rings. The number of aromatic carboxylic acids is 1. The molecule has 0 radical (unpaired) electrons. The van der Waals surface area contributed by atoms with Crippen molar-refractivity contribution in [3.8, 4) is 5.75 Å². The second kappa shape index (κ2) is 5.75. The zero-order valence-electron chi connectivity index (χ0n) is 12.1. The number of rotatable bonds is 4. The summed E-state index contributed by atoms with van der Waals surface area (Å²) in [6.07, 6.45) is 0. The van der Waals surface area contributed by atoms with Gasteiger partial charge in [-0.25, -0.2) is 17.5 Å². The Bertz CT molecular complexity index is 861. The van der Waals surface area contributed by atoms with Crippen molar-refractivity contribution in [2.75, 3.05) is 21.2 Å². The van der Waals surface area contributed by atoms with Crippen LogP contribution < -0.4 is 4.74 Å². The number of hydrogen-bond donors (Lipinski definition) is 1. The summed E-state index contributed by atoms with van der Waals surface area (Å²) >= 11 is 6.06. The molecule has 0 unspecified atom stereocenters. The summed E-state index contributed by atoms with van der Waals surface area (Å²) in [7, 11) is 0.338. The molecule has 0 atom stereocenters. The highest BCUT2D eigenvalue weighted by Gasteiger charge is 2.25. The number of ether oxygens (including phenoxy) is 1. The first-order chi connectivity index (χ1) is 10.2. The van der Waals surface area contributed by atoms with Crippen LogP contribution >= 0.6 is 11.6 Å². The predicted molar refractivity (Wildman–Crippen MR) is 83.3 cm³/mol. The third-order valence-corrected chi connectivity index (χ3v) is 5.36. The molecule has 0 spiro atoms. The fourth-order valence-corrected chi connectivity index (χ4v) is 3.55. The fourth-order valence-electron chi connectivity index (χ4n) is 2.17. The normalized spacial score (nSPS) is 11.9. The molecule has 0 saturated heterocycles. The van der Waals surface area contributed by atoms with Crippen molar-refractivity contribution in [1.82, 2.24) is 4.31 Å². The average Bonchev–Trinajstić information content (AvgIpc) is 2.45. The maximum Gasteiger partial charge on any atom is 0.336 e. The molecule has 0 aromatic heterocycles. The maximum absolute atomic E-state index is 12.5. The number of benzene rings is 2. The molecule has 2 rings (SSSR count). The molecule has 0 aliphatic carbocycles. The van der Waals surface area contributed by atoms with Gasteiger partial charge in [0, 0.05) is 24.9 Å². The van der Waals surface area contributed by atoms with Crippen LogP contribution in [0.15, 0.2) is 29.2 Å². The number of carbonyl (C=O) groups is 1. The Morgan fingerprint density at radius 2 is 1.95 bits per heavy atom. The van der Waals surface area contributed by atoms with E-state index in [0.717, 1.165) is 4.31 Å². The van der Waals surface area contributed by atoms with Crippen molar-refractivity contribution in [2.24, 2.45) is 0 Å². The van der Waals surface area contributed by atoms with Crippen LogP contribution in [-0.4, -0.2) is 45.0 Å². The van der Waals surface area contributed by atoms with Crippen LogP contribution in [0.2, 0.25) is 5.02 Å². The molecule has 1 N–H and O–H groups in total. The molecule has 6 nitrogen and oxygen atoms in total. The number of carboxylic acids is 1. The van der Waals surface area contributed by atoms with Crippen LogP contribution in [0.25, 0.3) is 10.8 Å². The smallest absolute Gasteiger partial charge is 0.336 e. The molecule has 2 aromatic carbocycles. The largest absolute Gasteiger partial charge is 0.494 e. The van der Waals surface area contributed by atoms with Crippen molar-refractivity contribution >= 4 is 38.4 Å². The SMILES string of the molecule is COc1c(Cl)cc(C(=O)O)c2cccc(S(=O)(=O)N(C)C)c12. The number of fused-ring (bicyclic) bond motifs is 1. The number of methoxy groups -OCH3 is 1. The highest BCUT2D eigenvalue weighted by atomic mass is 35.5. The Labute approximate surface area is 132 Å². The lowest BCUT2D eigenvalue weighted by molar-refractivity contribution is 0.0699. The van der Waals surface area contributed by atoms with Gasteiger partial charge < -0.3 is 9.84 Å². The van der Waals surface area contributed by atoms with Gasteiger partial charge in [-0.3, -0.25) is 0 Å². The summed E-state index contributed by atoms with van der Waals surface area (Å²) in [6, 6.07) is 5.64. The van der Waals surface area contributed by atoms with E-state index in [1.54, 1.807) is 0 Å². The van der Waals surface area contributed by atoms with Crippen molar-refractivity contribution in [3.05, 3.63) is 34.9 Å². The molecule has 0 amide bonds. The van der Waals surface area contributed by atoms with Crippen molar-refractivity contribution in [2.45, 2.75) is 4.90 Å². The lowest BCUT2D eigenvalue weighted by Crippen LogP contribution is -2.22. The molecular formula is C14H14ClNO5S. The summed E-state index contributed by atoms with van der Waals surface area (Å²) in [5.74, 6) is -1.07. The van der Waals surface area contributed by atoms with Crippen molar-refractivity contribution < 1.29 is 23.1 Å². The quantitative estimate of drug-likeness (QED) is 0.921. The van der Waals surface area contributed by atoms with Gasteiger partial charge in [0.1, 0.15) is 5.75 Å². The van der Waals surface area contributed by atoms with E-state index in [1.807, 2.05) is 0 Å². The van der Waals surface area contributed by atoms with E-state index >= 15 is 0 Å². The van der Waals surface area contributed by atoms with Gasteiger partial charge in [-0.1, -0.05) is 23.7 Å². The van der Waals surface area contributed by atoms with Crippen molar-refractivity contribution in [3.63, 3.8) is 0 Å². The summed E-state index contributed by atoms with van der Waals surface area (Å²) in [5.41, 5.74) is -0.0865. The highest BCUT2D eigenvalue weighted by molar-refractivity contribution is 7.89. The average molecular weight is 344 g/mol. The standard InChI is InChI=1S/C14H14ClNO5S/c1-16(2)22(19,20)11-6-4-5-8-9(14(17)18)7-10(15)13(21-3)12(8)11/h4-7H,1-3H3,(H,17,18).